The molecule has 20 heavy (non-hydrogen) atoms. The van der Waals surface area contributed by atoms with E-state index in [2.05, 4.69) is 0 Å². The number of halogens is 4. The summed E-state index contributed by atoms with van der Waals surface area (Å²) in [7, 11) is 1.43. The van der Waals surface area contributed by atoms with Gasteiger partial charge in [-0.2, -0.15) is 0 Å². The van der Waals surface area contributed by atoms with Crippen LogP contribution in [0.1, 0.15) is 16.5 Å². The maximum absolute atomic E-state index is 13.8. The first kappa shape index (κ1) is 14.7. The molecule has 0 aromatic heterocycles. The van der Waals surface area contributed by atoms with Gasteiger partial charge in [0.2, 0.25) is 0 Å². The summed E-state index contributed by atoms with van der Waals surface area (Å²) >= 11 is 6.10. The van der Waals surface area contributed by atoms with Gasteiger partial charge in [0.1, 0.15) is 11.6 Å². The van der Waals surface area contributed by atoms with Gasteiger partial charge in [0, 0.05) is 11.6 Å². The van der Waals surface area contributed by atoms with E-state index in [1.54, 1.807) is 6.07 Å². The minimum absolute atomic E-state index is 0.00556. The highest BCUT2D eigenvalue weighted by Crippen LogP contribution is 2.30. The molecular formula is C15H12ClF3O. The SMILES string of the molecule is COc1ccc(C(Cl)Cc2cccc(F)c2F)c(F)c1. The number of ether oxygens (including phenoxy) is 1. The lowest BCUT2D eigenvalue weighted by Gasteiger charge is -2.12. The van der Waals surface area contributed by atoms with Gasteiger partial charge in [-0.05, 0) is 24.1 Å². The van der Waals surface area contributed by atoms with Crippen molar-refractivity contribution in [2.75, 3.05) is 7.11 Å². The molecule has 2 rings (SSSR count). The second-order valence-electron chi connectivity index (χ2n) is 4.27. The van der Waals surface area contributed by atoms with E-state index in [0.717, 1.165) is 6.07 Å². The van der Waals surface area contributed by atoms with Crippen molar-refractivity contribution in [3.63, 3.8) is 0 Å². The minimum Gasteiger partial charge on any atom is -0.497 e. The molecule has 0 amide bonds. The molecule has 1 unspecified atom stereocenters. The Bertz CT molecular complexity index is 616. The lowest BCUT2D eigenvalue weighted by Crippen LogP contribution is -2.02. The van der Waals surface area contributed by atoms with Gasteiger partial charge >= 0.3 is 0 Å². The van der Waals surface area contributed by atoms with Crippen LogP contribution in [0.3, 0.4) is 0 Å². The first-order valence-corrected chi connectivity index (χ1v) is 6.37. The molecule has 0 saturated heterocycles. The van der Waals surface area contributed by atoms with Gasteiger partial charge in [-0.25, -0.2) is 13.2 Å². The summed E-state index contributed by atoms with van der Waals surface area (Å²) in [6.45, 7) is 0. The molecule has 0 saturated carbocycles. The average molecular weight is 301 g/mol. The van der Waals surface area contributed by atoms with Crippen molar-refractivity contribution in [2.24, 2.45) is 0 Å². The van der Waals surface area contributed by atoms with Crippen LogP contribution in [-0.4, -0.2) is 7.11 Å². The molecule has 2 aromatic carbocycles. The van der Waals surface area contributed by atoms with Crippen LogP contribution in [0.5, 0.6) is 5.75 Å². The summed E-state index contributed by atoms with van der Waals surface area (Å²) in [6.07, 6.45) is -0.00556. The third kappa shape index (κ3) is 3.07. The second-order valence-corrected chi connectivity index (χ2v) is 4.80. The molecule has 0 bridgehead atoms. The lowest BCUT2D eigenvalue weighted by atomic mass is 10.0. The largest absolute Gasteiger partial charge is 0.497 e. The molecule has 1 nitrogen and oxygen atoms in total. The first-order chi connectivity index (χ1) is 9.52. The summed E-state index contributed by atoms with van der Waals surface area (Å²) in [5.74, 6) is -2.07. The zero-order valence-corrected chi connectivity index (χ0v) is 11.4. The summed E-state index contributed by atoms with van der Waals surface area (Å²) < 4.78 is 45.4. The molecule has 0 aliphatic carbocycles. The van der Waals surface area contributed by atoms with Crippen LogP contribution in [0.2, 0.25) is 0 Å². The van der Waals surface area contributed by atoms with E-state index in [9.17, 15) is 13.2 Å². The molecule has 106 valence electrons. The zero-order chi connectivity index (χ0) is 14.7. The Balaban J connectivity index is 2.24. The van der Waals surface area contributed by atoms with Gasteiger partial charge in [0.25, 0.3) is 0 Å². The van der Waals surface area contributed by atoms with E-state index in [0.29, 0.717) is 5.75 Å². The fraction of sp³-hybridized carbons (Fsp3) is 0.200. The molecule has 1 atom stereocenters. The van der Waals surface area contributed by atoms with Crippen LogP contribution in [-0.2, 0) is 6.42 Å². The van der Waals surface area contributed by atoms with Crippen LogP contribution < -0.4 is 4.74 Å². The van der Waals surface area contributed by atoms with Gasteiger partial charge in [0.15, 0.2) is 11.6 Å². The normalized spacial score (nSPS) is 12.2. The number of hydrogen-bond acceptors (Lipinski definition) is 1. The predicted octanol–water partition coefficient (Wildman–Crippen LogP) is 4.64. The third-order valence-corrected chi connectivity index (χ3v) is 3.37. The molecule has 2 aromatic rings. The number of alkyl halides is 1. The highest BCUT2D eigenvalue weighted by Gasteiger charge is 2.17. The number of rotatable bonds is 4. The Hall–Kier alpha value is -1.68. The number of benzene rings is 2. The van der Waals surface area contributed by atoms with Gasteiger partial charge in [0.05, 0.1) is 12.5 Å². The highest BCUT2D eigenvalue weighted by atomic mass is 35.5. The molecule has 0 spiro atoms. The van der Waals surface area contributed by atoms with Crippen LogP contribution in [0, 0.1) is 17.5 Å². The maximum Gasteiger partial charge on any atom is 0.162 e. The Kier molecular flexibility index (Phi) is 4.55. The highest BCUT2D eigenvalue weighted by molar-refractivity contribution is 6.20. The smallest absolute Gasteiger partial charge is 0.162 e. The lowest BCUT2D eigenvalue weighted by molar-refractivity contribution is 0.410. The quantitative estimate of drug-likeness (QED) is 0.748. The van der Waals surface area contributed by atoms with Crippen LogP contribution >= 0.6 is 11.6 Å². The minimum atomic E-state index is -0.952. The Morgan fingerprint density at radius 1 is 1.10 bits per heavy atom. The Morgan fingerprint density at radius 2 is 1.85 bits per heavy atom. The number of hydrogen-bond donors (Lipinski definition) is 0. The van der Waals surface area contributed by atoms with Gasteiger partial charge < -0.3 is 4.74 Å². The molecule has 0 N–H and O–H groups in total. The van der Waals surface area contributed by atoms with Gasteiger partial charge in [-0.3, -0.25) is 0 Å². The summed E-state index contributed by atoms with van der Waals surface area (Å²) in [5, 5.41) is -0.794. The van der Waals surface area contributed by atoms with Gasteiger partial charge in [-0.1, -0.05) is 18.2 Å². The van der Waals surface area contributed by atoms with Crippen LogP contribution in [0.15, 0.2) is 36.4 Å². The zero-order valence-electron chi connectivity index (χ0n) is 10.7. The third-order valence-electron chi connectivity index (χ3n) is 2.98. The summed E-state index contributed by atoms with van der Waals surface area (Å²) in [4.78, 5) is 0. The average Bonchev–Trinajstić information content (AvgIpc) is 2.43. The van der Waals surface area contributed by atoms with E-state index in [1.165, 1.54) is 31.4 Å². The van der Waals surface area contributed by atoms with Crippen molar-refractivity contribution >= 4 is 11.6 Å². The van der Waals surface area contributed by atoms with Crippen molar-refractivity contribution in [3.05, 3.63) is 65.0 Å². The summed E-state index contributed by atoms with van der Waals surface area (Å²) in [6, 6.07) is 8.08. The maximum atomic E-state index is 13.8. The molecule has 0 aliphatic heterocycles. The topological polar surface area (TPSA) is 9.23 Å². The van der Waals surface area contributed by atoms with Crippen LogP contribution in [0.4, 0.5) is 13.2 Å². The monoisotopic (exact) mass is 300 g/mol. The fourth-order valence-corrected chi connectivity index (χ4v) is 2.24. The van der Waals surface area contributed by atoms with E-state index in [-0.39, 0.29) is 17.5 Å². The standard InChI is InChI=1S/C15H12ClF3O/c1-20-10-5-6-11(14(18)8-10)12(16)7-9-3-2-4-13(17)15(9)19/h2-6,8,12H,7H2,1H3. The second kappa shape index (κ2) is 6.18. The Morgan fingerprint density at radius 3 is 2.50 bits per heavy atom. The van der Waals surface area contributed by atoms with E-state index >= 15 is 0 Å². The van der Waals surface area contributed by atoms with Crippen molar-refractivity contribution < 1.29 is 17.9 Å². The van der Waals surface area contributed by atoms with Crippen molar-refractivity contribution in [2.45, 2.75) is 11.8 Å². The van der Waals surface area contributed by atoms with Crippen molar-refractivity contribution in [1.29, 1.82) is 0 Å². The molecule has 0 heterocycles. The molecule has 0 radical (unpaired) electrons. The molecular weight excluding hydrogens is 289 g/mol. The van der Waals surface area contributed by atoms with Gasteiger partial charge in [-0.15, -0.1) is 11.6 Å². The fourth-order valence-electron chi connectivity index (χ4n) is 1.90. The van der Waals surface area contributed by atoms with E-state index in [4.69, 9.17) is 16.3 Å². The number of methoxy groups -OCH3 is 1. The van der Waals surface area contributed by atoms with Crippen molar-refractivity contribution in [1.82, 2.24) is 0 Å². The predicted molar refractivity (Wildman–Crippen MR) is 71.6 cm³/mol. The van der Waals surface area contributed by atoms with E-state index in [1.807, 2.05) is 0 Å². The first-order valence-electron chi connectivity index (χ1n) is 5.93. The van der Waals surface area contributed by atoms with Crippen molar-refractivity contribution in [3.8, 4) is 5.75 Å². The van der Waals surface area contributed by atoms with E-state index < -0.39 is 22.8 Å². The van der Waals surface area contributed by atoms with Crippen LogP contribution in [0.25, 0.3) is 0 Å². The molecule has 0 fully saturated rings. The Labute approximate surface area is 119 Å². The summed E-state index contributed by atoms with van der Waals surface area (Å²) in [5.41, 5.74) is 0.330. The molecule has 5 heteroatoms. The molecule has 0 aliphatic rings.